The molecule has 8 nitrogen and oxygen atoms in total. The molecule has 1 aromatic carbocycles. The molecular weight excluding hydrogens is 396 g/mol. The Morgan fingerprint density at radius 3 is 2.83 bits per heavy atom. The topological polar surface area (TPSA) is 92.8 Å². The van der Waals surface area contributed by atoms with Gasteiger partial charge in [-0.3, -0.25) is 30.3 Å². The average Bonchev–Trinajstić information content (AvgIpc) is 2.99. The summed E-state index contributed by atoms with van der Waals surface area (Å²) in [5, 5.41) is 13.3. The lowest BCUT2D eigenvalue weighted by molar-refractivity contribution is -0.375. The van der Waals surface area contributed by atoms with Crippen molar-refractivity contribution in [1.29, 1.82) is 0 Å². The van der Waals surface area contributed by atoms with E-state index in [-0.39, 0.29) is 22.5 Å². The summed E-state index contributed by atoms with van der Waals surface area (Å²) in [5.74, 6) is -1.47. The van der Waals surface area contributed by atoms with Crippen LogP contribution in [-0.2, 0) is 7.05 Å². The molecule has 0 fully saturated rings. The van der Waals surface area contributed by atoms with Crippen molar-refractivity contribution < 1.29 is 13.7 Å². The van der Waals surface area contributed by atoms with Crippen LogP contribution in [0.25, 0.3) is 5.70 Å². The van der Waals surface area contributed by atoms with Crippen molar-refractivity contribution in [2.45, 2.75) is 12.5 Å². The van der Waals surface area contributed by atoms with Gasteiger partial charge in [0, 0.05) is 37.5 Å². The molecular formula is C20H15F2N5O3. The normalized spacial score (nSPS) is 19.4. The quantitative estimate of drug-likeness (QED) is 0.604. The van der Waals surface area contributed by atoms with Gasteiger partial charge < -0.3 is 4.57 Å². The van der Waals surface area contributed by atoms with Crippen LogP contribution in [0, 0.1) is 21.7 Å². The SMILES string of the molecule is Cn1ccc2c(c1=O)C1=NCCC3C1=C(C=C2[N+](=O)[O-])NN3c1ccc(F)cc1F. The zero-order valence-corrected chi connectivity index (χ0v) is 15.7. The lowest BCUT2D eigenvalue weighted by Gasteiger charge is -2.31. The molecule has 152 valence electrons. The van der Waals surface area contributed by atoms with E-state index in [1.807, 2.05) is 0 Å². The molecule has 30 heavy (non-hydrogen) atoms. The lowest BCUT2D eigenvalue weighted by Crippen LogP contribution is -2.43. The first-order chi connectivity index (χ1) is 14.4. The van der Waals surface area contributed by atoms with E-state index in [9.17, 15) is 23.7 Å². The molecule has 5 rings (SSSR count). The van der Waals surface area contributed by atoms with Gasteiger partial charge in [-0.1, -0.05) is 0 Å². The Morgan fingerprint density at radius 2 is 2.10 bits per heavy atom. The highest BCUT2D eigenvalue weighted by molar-refractivity contribution is 6.18. The summed E-state index contributed by atoms with van der Waals surface area (Å²) in [6.45, 7) is 0.350. The molecule has 1 N–H and O–H groups in total. The Morgan fingerprint density at radius 1 is 1.30 bits per heavy atom. The molecule has 0 saturated carbocycles. The summed E-state index contributed by atoms with van der Waals surface area (Å²) in [6.07, 6.45) is 3.32. The number of hydrazine groups is 1. The highest BCUT2D eigenvalue weighted by Crippen LogP contribution is 2.38. The van der Waals surface area contributed by atoms with Gasteiger partial charge in [-0.05, 0) is 24.6 Å². The largest absolute Gasteiger partial charge is 0.318 e. The van der Waals surface area contributed by atoms with Crippen LogP contribution < -0.4 is 16.0 Å². The van der Waals surface area contributed by atoms with E-state index in [4.69, 9.17) is 0 Å². The van der Waals surface area contributed by atoms with Crippen LogP contribution >= 0.6 is 0 Å². The summed E-state index contributed by atoms with van der Waals surface area (Å²) in [4.78, 5) is 28.7. The number of hydrogen-bond acceptors (Lipinski definition) is 6. The number of nitrogens with zero attached hydrogens (tertiary/aromatic N) is 4. The van der Waals surface area contributed by atoms with Crippen LogP contribution in [0.4, 0.5) is 14.5 Å². The number of aliphatic imine (C=N–C) groups is 1. The van der Waals surface area contributed by atoms with E-state index < -0.39 is 28.2 Å². The van der Waals surface area contributed by atoms with E-state index in [2.05, 4.69) is 10.4 Å². The lowest BCUT2D eigenvalue weighted by atomic mass is 9.90. The Hall–Kier alpha value is -3.82. The van der Waals surface area contributed by atoms with Gasteiger partial charge >= 0.3 is 0 Å². The first-order valence-electron chi connectivity index (χ1n) is 9.23. The summed E-state index contributed by atoms with van der Waals surface area (Å²) in [6, 6.07) is 4.33. The number of rotatable bonds is 2. The summed E-state index contributed by atoms with van der Waals surface area (Å²) in [5.41, 5.74) is 4.13. The second-order valence-electron chi connectivity index (χ2n) is 7.25. The summed E-state index contributed by atoms with van der Waals surface area (Å²) in [7, 11) is 1.56. The number of anilines is 1. The van der Waals surface area contributed by atoms with Gasteiger partial charge in [0.05, 0.1) is 39.2 Å². The number of halogens is 2. The van der Waals surface area contributed by atoms with Gasteiger partial charge in [-0.25, -0.2) is 8.78 Å². The predicted molar refractivity (Wildman–Crippen MR) is 105 cm³/mol. The number of allylic oxidation sites excluding steroid dienone is 1. The Kier molecular flexibility index (Phi) is 3.85. The highest BCUT2D eigenvalue weighted by atomic mass is 19.1. The molecule has 1 atom stereocenters. The zero-order valence-electron chi connectivity index (χ0n) is 15.7. The smallest absolute Gasteiger partial charge is 0.279 e. The molecule has 1 unspecified atom stereocenters. The standard InChI is InChI=1S/C20H15F2N5O3/c1-25-7-5-11-16(27(29)30)9-13-18-15(4-6-23-19(18)17(11)20(25)28)26(24-13)14-3-2-10(21)8-12(14)22/h2-3,5,7-9,15,24H,4,6H2,1H3. The molecule has 1 aromatic heterocycles. The minimum absolute atomic E-state index is 0.105. The van der Waals surface area contributed by atoms with Crippen molar-refractivity contribution in [2.75, 3.05) is 11.6 Å². The number of aromatic nitrogens is 1. The Labute approximate surface area is 168 Å². The fourth-order valence-corrected chi connectivity index (χ4v) is 4.18. The second kappa shape index (κ2) is 6.34. The molecule has 0 saturated heterocycles. The molecule has 1 aliphatic carbocycles. The van der Waals surface area contributed by atoms with Crippen molar-refractivity contribution in [1.82, 2.24) is 9.99 Å². The first-order valence-corrected chi connectivity index (χ1v) is 9.23. The fraction of sp³-hybridized carbons (Fsp3) is 0.200. The predicted octanol–water partition coefficient (Wildman–Crippen LogP) is 2.13. The van der Waals surface area contributed by atoms with Crippen molar-refractivity contribution >= 4 is 17.1 Å². The van der Waals surface area contributed by atoms with E-state index in [1.54, 1.807) is 7.05 Å². The molecule has 0 amide bonds. The number of hydrogen-bond donors (Lipinski definition) is 1. The maximum Gasteiger partial charge on any atom is 0.279 e. The maximum absolute atomic E-state index is 14.5. The number of aryl methyl sites for hydroxylation is 1. The van der Waals surface area contributed by atoms with Crippen LogP contribution in [0.5, 0.6) is 0 Å². The number of pyridine rings is 1. The summed E-state index contributed by atoms with van der Waals surface area (Å²) < 4.78 is 29.2. The van der Waals surface area contributed by atoms with Crippen LogP contribution in [0.2, 0.25) is 0 Å². The first kappa shape index (κ1) is 18.2. The van der Waals surface area contributed by atoms with Crippen LogP contribution in [-0.4, -0.2) is 27.8 Å². The van der Waals surface area contributed by atoms with Gasteiger partial charge in [0.1, 0.15) is 5.82 Å². The number of nitrogens with one attached hydrogen (secondary N) is 1. The molecule has 3 aliphatic rings. The van der Waals surface area contributed by atoms with Gasteiger partial charge in [-0.2, -0.15) is 0 Å². The fourth-order valence-electron chi connectivity index (χ4n) is 4.18. The van der Waals surface area contributed by atoms with Gasteiger partial charge in [-0.15, -0.1) is 0 Å². The molecule has 2 aliphatic heterocycles. The van der Waals surface area contributed by atoms with Crippen LogP contribution in [0.3, 0.4) is 0 Å². The molecule has 0 bridgehead atoms. The molecule has 3 heterocycles. The van der Waals surface area contributed by atoms with Gasteiger partial charge in [0.15, 0.2) is 5.82 Å². The average molecular weight is 411 g/mol. The zero-order chi connectivity index (χ0) is 21.2. The van der Waals surface area contributed by atoms with Crippen molar-refractivity contribution in [3.63, 3.8) is 0 Å². The van der Waals surface area contributed by atoms with E-state index in [0.717, 1.165) is 12.1 Å². The van der Waals surface area contributed by atoms with Gasteiger partial charge in [0.25, 0.3) is 11.3 Å². The van der Waals surface area contributed by atoms with E-state index in [0.29, 0.717) is 29.9 Å². The van der Waals surface area contributed by atoms with Crippen molar-refractivity contribution in [3.8, 4) is 0 Å². The highest BCUT2D eigenvalue weighted by Gasteiger charge is 2.43. The molecule has 0 spiro atoms. The van der Waals surface area contributed by atoms with Gasteiger partial charge in [0.2, 0.25) is 0 Å². The third kappa shape index (κ3) is 2.49. The second-order valence-corrected chi connectivity index (χ2v) is 7.25. The third-order valence-corrected chi connectivity index (χ3v) is 5.53. The minimum Gasteiger partial charge on any atom is -0.318 e. The molecule has 2 aromatic rings. The Bertz CT molecular complexity index is 1280. The molecule has 0 radical (unpaired) electrons. The number of fused-ring (bicyclic) bond motifs is 2. The monoisotopic (exact) mass is 411 g/mol. The summed E-state index contributed by atoms with van der Waals surface area (Å²) >= 11 is 0. The number of nitro groups is 1. The number of benzene rings is 1. The Balaban J connectivity index is 1.74. The minimum atomic E-state index is -0.765. The van der Waals surface area contributed by atoms with E-state index >= 15 is 0 Å². The van der Waals surface area contributed by atoms with Crippen molar-refractivity contribution in [3.05, 3.63) is 91.0 Å². The maximum atomic E-state index is 14.5. The van der Waals surface area contributed by atoms with Crippen molar-refractivity contribution in [2.24, 2.45) is 12.0 Å². The molecule has 10 heteroatoms. The van der Waals surface area contributed by atoms with Crippen LogP contribution in [0.15, 0.2) is 57.6 Å². The third-order valence-electron chi connectivity index (χ3n) is 5.53. The van der Waals surface area contributed by atoms with Crippen LogP contribution in [0.1, 0.15) is 17.5 Å². The van der Waals surface area contributed by atoms with E-state index in [1.165, 1.54) is 34.0 Å².